The van der Waals surface area contributed by atoms with Crippen molar-refractivity contribution in [2.24, 2.45) is 0 Å². The van der Waals surface area contributed by atoms with Crippen molar-refractivity contribution in [2.45, 2.75) is 20.8 Å². The summed E-state index contributed by atoms with van der Waals surface area (Å²) < 4.78 is 0. The Balaban J connectivity index is 1.36. The van der Waals surface area contributed by atoms with Gasteiger partial charge in [-0.1, -0.05) is 128 Å². The molecule has 4 nitrogen and oxygen atoms in total. The second kappa shape index (κ2) is 14.5. The summed E-state index contributed by atoms with van der Waals surface area (Å²) in [6.07, 6.45) is 8.14. The van der Waals surface area contributed by atoms with E-state index in [1.54, 1.807) is 0 Å². The molecule has 0 radical (unpaired) electrons. The number of rotatable bonds is 8. The average Bonchev–Trinajstić information content (AvgIpc) is 3.23. The van der Waals surface area contributed by atoms with Gasteiger partial charge in [0.2, 0.25) is 0 Å². The summed E-state index contributed by atoms with van der Waals surface area (Å²) in [5.74, 6) is 1.87. The zero-order chi connectivity index (χ0) is 36.3. The molecule has 0 atom stereocenters. The van der Waals surface area contributed by atoms with E-state index in [-0.39, 0.29) is 0 Å². The van der Waals surface area contributed by atoms with Crippen molar-refractivity contribution in [1.82, 2.24) is 19.9 Å². The Kier molecular flexibility index (Phi) is 9.10. The second-order valence-corrected chi connectivity index (χ2v) is 13.2. The van der Waals surface area contributed by atoms with E-state index >= 15 is 0 Å². The van der Waals surface area contributed by atoms with Crippen LogP contribution in [0.15, 0.2) is 158 Å². The Labute approximate surface area is 311 Å². The van der Waals surface area contributed by atoms with Crippen LogP contribution in [0.4, 0.5) is 0 Å². The van der Waals surface area contributed by atoms with Gasteiger partial charge in [-0.25, -0.2) is 15.0 Å². The van der Waals surface area contributed by atoms with Crippen LogP contribution in [0.2, 0.25) is 0 Å². The molecule has 2 heterocycles. The van der Waals surface area contributed by atoms with Gasteiger partial charge in [-0.15, -0.1) is 0 Å². The molecule has 2 aromatic heterocycles. The first-order valence-corrected chi connectivity index (χ1v) is 17.9. The van der Waals surface area contributed by atoms with Gasteiger partial charge in [-0.2, -0.15) is 0 Å². The monoisotopic (exact) mass is 682 g/mol. The fourth-order valence-electron chi connectivity index (χ4n) is 7.03. The summed E-state index contributed by atoms with van der Waals surface area (Å²) in [4.78, 5) is 19.7. The first kappa shape index (κ1) is 33.4. The Morgan fingerprint density at radius 2 is 0.981 bits per heavy atom. The lowest BCUT2D eigenvalue weighted by atomic mass is 9.87. The number of hydrogen-bond acceptors (Lipinski definition) is 4. The van der Waals surface area contributed by atoms with Gasteiger partial charge in [0.25, 0.3) is 0 Å². The number of hydrogen-bond donors (Lipinski definition) is 0. The first-order valence-electron chi connectivity index (χ1n) is 17.9. The minimum absolute atomic E-state index is 0.613. The molecule has 254 valence electrons. The molecule has 0 saturated heterocycles. The highest BCUT2D eigenvalue weighted by Crippen LogP contribution is 2.38. The number of benzene rings is 6. The Morgan fingerprint density at radius 1 is 0.453 bits per heavy atom. The minimum Gasteiger partial charge on any atom is -0.256 e. The van der Waals surface area contributed by atoms with Crippen molar-refractivity contribution >= 4 is 22.9 Å². The molecule has 0 N–H and O–H groups in total. The third-order valence-corrected chi connectivity index (χ3v) is 9.91. The molecule has 8 aromatic rings. The summed E-state index contributed by atoms with van der Waals surface area (Å²) in [7, 11) is 0. The maximum atomic E-state index is 5.10. The van der Waals surface area contributed by atoms with Crippen LogP contribution in [0.3, 0.4) is 0 Å². The molecular formula is C49H38N4. The number of allylic oxidation sites excluding steroid dienone is 1. The quantitative estimate of drug-likeness (QED) is 0.160. The lowest BCUT2D eigenvalue weighted by molar-refractivity contribution is 1.07. The van der Waals surface area contributed by atoms with Crippen LogP contribution < -0.4 is 0 Å². The lowest BCUT2D eigenvalue weighted by Gasteiger charge is -2.17. The summed E-state index contributed by atoms with van der Waals surface area (Å²) in [6, 6.07) is 48.2. The van der Waals surface area contributed by atoms with Gasteiger partial charge in [0.1, 0.15) is 0 Å². The molecule has 0 aliphatic heterocycles. The highest BCUT2D eigenvalue weighted by molar-refractivity contribution is 6.01. The van der Waals surface area contributed by atoms with Gasteiger partial charge in [0.05, 0.1) is 5.69 Å². The van der Waals surface area contributed by atoms with Gasteiger partial charge in [-0.3, -0.25) is 4.98 Å². The van der Waals surface area contributed by atoms with Crippen LogP contribution in [0.1, 0.15) is 29.2 Å². The topological polar surface area (TPSA) is 51.6 Å². The molecule has 8 rings (SSSR count). The summed E-state index contributed by atoms with van der Waals surface area (Å²) in [5.41, 5.74) is 14.0. The van der Waals surface area contributed by atoms with Crippen LogP contribution in [0.25, 0.3) is 90.6 Å². The first-order chi connectivity index (χ1) is 26.0. The van der Waals surface area contributed by atoms with Crippen LogP contribution >= 0.6 is 0 Å². The van der Waals surface area contributed by atoms with Gasteiger partial charge in [0.15, 0.2) is 17.5 Å². The molecule has 0 aliphatic rings. The highest BCUT2D eigenvalue weighted by atomic mass is 15.0. The van der Waals surface area contributed by atoms with Crippen molar-refractivity contribution in [3.05, 3.63) is 181 Å². The molecule has 0 amide bonds. The molecule has 0 bridgehead atoms. The Hall–Kier alpha value is -6.78. The van der Waals surface area contributed by atoms with E-state index in [1.165, 1.54) is 33.0 Å². The van der Waals surface area contributed by atoms with Crippen molar-refractivity contribution < 1.29 is 0 Å². The smallest absolute Gasteiger partial charge is 0.164 e. The van der Waals surface area contributed by atoms with E-state index in [0.29, 0.717) is 17.5 Å². The summed E-state index contributed by atoms with van der Waals surface area (Å²) >= 11 is 0. The van der Waals surface area contributed by atoms with Crippen molar-refractivity contribution in [2.75, 3.05) is 0 Å². The number of pyridine rings is 1. The van der Waals surface area contributed by atoms with Gasteiger partial charge >= 0.3 is 0 Å². The fraction of sp³-hybridized carbons (Fsp3) is 0.0612. The van der Waals surface area contributed by atoms with Gasteiger partial charge < -0.3 is 0 Å². The molecule has 0 saturated carbocycles. The SMILES string of the molecule is C=Cc1c(C)c(C)c(/C=C\C)c2cc(-c3cc(-c4ccc(-c5ccccn5)cc4)cc(-c4nc(-c5ccccc5)nc(-c5ccccc5)n4)c3)ccc12. The molecular weight excluding hydrogens is 645 g/mol. The highest BCUT2D eigenvalue weighted by Gasteiger charge is 2.17. The van der Waals surface area contributed by atoms with Crippen LogP contribution in [0.5, 0.6) is 0 Å². The molecule has 4 heteroatoms. The Morgan fingerprint density at radius 3 is 1.57 bits per heavy atom. The van der Waals surface area contributed by atoms with Gasteiger partial charge in [0, 0.05) is 28.5 Å². The average molecular weight is 683 g/mol. The lowest BCUT2D eigenvalue weighted by Crippen LogP contribution is -2.00. The molecule has 0 unspecified atom stereocenters. The number of nitrogens with zero attached hydrogens (tertiary/aromatic N) is 4. The van der Waals surface area contributed by atoms with E-state index < -0.39 is 0 Å². The standard InChI is InChI=1S/C49H38N4/c1-5-15-43-33(4)32(3)42(6-2)44-26-25-38(31-45(43)44)40-28-39(34-21-23-35(24-22-34)46-20-13-14-27-50-46)29-41(30-40)49-52-47(36-16-9-7-10-17-36)51-48(53-49)37-18-11-8-12-19-37/h5-31H,2H2,1,3-4H3/b15-5-. The summed E-state index contributed by atoms with van der Waals surface area (Å²) in [6.45, 7) is 10.6. The largest absolute Gasteiger partial charge is 0.256 e. The molecule has 53 heavy (non-hydrogen) atoms. The normalized spacial score (nSPS) is 11.3. The van der Waals surface area contributed by atoms with Gasteiger partial charge in [-0.05, 0) is 112 Å². The zero-order valence-corrected chi connectivity index (χ0v) is 30.1. The molecule has 0 spiro atoms. The summed E-state index contributed by atoms with van der Waals surface area (Å²) in [5, 5.41) is 2.39. The van der Waals surface area contributed by atoms with Crippen molar-refractivity contribution in [3.63, 3.8) is 0 Å². The molecule has 6 aromatic carbocycles. The van der Waals surface area contributed by atoms with E-state index in [0.717, 1.165) is 50.2 Å². The van der Waals surface area contributed by atoms with E-state index in [2.05, 4.69) is 105 Å². The van der Waals surface area contributed by atoms with Crippen molar-refractivity contribution in [1.29, 1.82) is 0 Å². The zero-order valence-electron chi connectivity index (χ0n) is 30.1. The maximum Gasteiger partial charge on any atom is 0.164 e. The number of fused-ring (bicyclic) bond motifs is 1. The van der Waals surface area contributed by atoms with Crippen LogP contribution in [-0.4, -0.2) is 19.9 Å². The maximum absolute atomic E-state index is 5.10. The number of aromatic nitrogens is 4. The van der Waals surface area contributed by atoms with Crippen LogP contribution in [0, 0.1) is 13.8 Å². The van der Waals surface area contributed by atoms with Crippen molar-refractivity contribution in [3.8, 4) is 67.7 Å². The molecule has 0 aliphatic carbocycles. The van der Waals surface area contributed by atoms with E-state index in [1.807, 2.05) is 91.1 Å². The molecule has 0 fully saturated rings. The van der Waals surface area contributed by atoms with Crippen LogP contribution in [-0.2, 0) is 0 Å². The fourth-order valence-corrected chi connectivity index (χ4v) is 7.03. The van der Waals surface area contributed by atoms with E-state index in [9.17, 15) is 0 Å². The predicted molar refractivity (Wildman–Crippen MR) is 222 cm³/mol. The third kappa shape index (κ3) is 6.59. The third-order valence-electron chi connectivity index (χ3n) is 9.91. The minimum atomic E-state index is 0.613. The predicted octanol–water partition coefficient (Wildman–Crippen LogP) is 12.7. The van der Waals surface area contributed by atoms with E-state index in [4.69, 9.17) is 15.0 Å². The second-order valence-electron chi connectivity index (χ2n) is 13.2. The Bertz CT molecular complexity index is 2570.